The molecule has 3 rings (SSSR count). The Labute approximate surface area is 232 Å². The van der Waals surface area contributed by atoms with Gasteiger partial charge in [-0.25, -0.2) is 8.42 Å². The van der Waals surface area contributed by atoms with Crippen molar-refractivity contribution in [1.82, 2.24) is 10.2 Å². The molecule has 0 saturated heterocycles. The molecule has 1 N–H and O–H groups in total. The molecule has 0 bridgehead atoms. The first kappa shape index (κ1) is 29.9. The molecule has 2 amide bonds. The van der Waals surface area contributed by atoms with E-state index in [1.54, 1.807) is 12.1 Å². The number of aryl methyl sites for hydroxylation is 3. The fraction of sp³-hybridized carbons (Fsp3) is 0.355. The average Bonchev–Trinajstić information content (AvgIpc) is 2.84. The van der Waals surface area contributed by atoms with Crippen molar-refractivity contribution in [1.29, 1.82) is 0 Å². The Morgan fingerprint density at radius 2 is 1.46 bits per heavy atom. The second-order valence-corrected chi connectivity index (χ2v) is 12.3. The van der Waals surface area contributed by atoms with Gasteiger partial charge in [0.25, 0.3) is 0 Å². The normalized spacial score (nSPS) is 12.2. The van der Waals surface area contributed by atoms with Crippen LogP contribution in [0.25, 0.3) is 0 Å². The van der Waals surface area contributed by atoms with E-state index in [-0.39, 0.29) is 18.5 Å². The highest BCUT2D eigenvalue weighted by molar-refractivity contribution is 7.92. The van der Waals surface area contributed by atoms with Gasteiger partial charge in [0.15, 0.2) is 0 Å². The molecule has 0 saturated carbocycles. The number of rotatable bonds is 11. The van der Waals surface area contributed by atoms with Crippen molar-refractivity contribution in [2.75, 3.05) is 17.1 Å². The number of carbonyl (C=O) groups excluding carboxylic acids is 2. The van der Waals surface area contributed by atoms with E-state index >= 15 is 0 Å². The van der Waals surface area contributed by atoms with E-state index in [9.17, 15) is 18.0 Å². The number of carbonyl (C=O) groups is 2. The molecule has 0 radical (unpaired) electrons. The van der Waals surface area contributed by atoms with Crippen LogP contribution in [0.4, 0.5) is 5.69 Å². The highest BCUT2D eigenvalue weighted by Crippen LogP contribution is 2.23. The van der Waals surface area contributed by atoms with Crippen LogP contribution in [0.2, 0.25) is 0 Å². The zero-order valence-corrected chi connectivity index (χ0v) is 24.5. The molecule has 0 aromatic heterocycles. The van der Waals surface area contributed by atoms with Crippen LogP contribution >= 0.6 is 0 Å². The average molecular weight is 550 g/mol. The summed E-state index contributed by atoms with van der Waals surface area (Å²) in [6.45, 7) is 9.21. The van der Waals surface area contributed by atoms with E-state index in [0.29, 0.717) is 12.1 Å². The summed E-state index contributed by atoms with van der Waals surface area (Å²) >= 11 is 0. The molecule has 0 aliphatic rings. The zero-order chi connectivity index (χ0) is 28.7. The maximum absolute atomic E-state index is 14.1. The molecule has 1 atom stereocenters. The Morgan fingerprint density at radius 1 is 0.872 bits per heavy atom. The van der Waals surface area contributed by atoms with Crippen molar-refractivity contribution < 1.29 is 18.0 Å². The third-order valence-corrected chi connectivity index (χ3v) is 7.62. The summed E-state index contributed by atoms with van der Waals surface area (Å²) in [6, 6.07) is 21.7. The topological polar surface area (TPSA) is 86.8 Å². The maximum atomic E-state index is 14.1. The molecule has 8 heteroatoms. The summed E-state index contributed by atoms with van der Waals surface area (Å²) < 4.78 is 27.0. The van der Waals surface area contributed by atoms with Gasteiger partial charge >= 0.3 is 0 Å². The van der Waals surface area contributed by atoms with E-state index in [2.05, 4.69) is 5.32 Å². The van der Waals surface area contributed by atoms with Crippen molar-refractivity contribution in [2.45, 2.75) is 59.7 Å². The van der Waals surface area contributed by atoms with Crippen LogP contribution in [0.1, 0.15) is 41.7 Å². The van der Waals surface area contributed by atoms with Gasteiger partial charge in [-0.05, 0) is 74.6 Å². The van der Waals surface area contributed by atoms with Crippen molar-refractivity contribution in [3.63, 3.8) is 0 Å². The molecular formula is C31H39N3O4S. The quantitative estimate of drug-likeness (QED) is 0.380. The lowest BCUT2D eigenvalue weighted by molar-refractivity contribution is -0.140. The smallest absolute Gasteiger partial charge is 0.244 e. The summed E-state index contributed by atoms with van der Waals surface area (Å²) in [5.74, 6) is -0.740. The van der Waals surface area contributed by atoms with Gasteiger partial charge in [0.1, 0.15) is 12.6 Å². The first-order valence-electron chi connectivity index (χ1n) is 13.1. The van der Waals surface area contributed by atoms with E-state index in [1.165, 1.54) is 4.90 Å². The largest absolute Gasteiger partial charge is 0.352 e. The minimum absolute atomic E-state index is 0.131. The highest BCUT2D eigenvalue weighted by Gasteiger charge is 2.33. The first-order valence-corrected chi connectivity index (χ1v) is 14.9. The van der Waals surface area contributed by atoms with Crippen LogP contribution < -0.4 is 9.62 Å². The molecule has 0 aliphatic carbocycles. The van der Waals surface area contributed by atoms with Gasteiger partial charge in [0, 0.05) is 19.0 Å². The lowest BCUT2D eigenvalue weighted by Crippen LogP contribution is -2.54. The van der Waals surface area contributed by atoms with Crippen molar-refractivity contribution in [2.24, 2.45) is 0 Å². The number of hydrogen-bond donors (Lipinski definition) is 1. The molecule has 0 heterocycles. The number of anilines is 1. The van der Waals surface area contributed by atoms with Gasteiger partial charge in [-0.3, -0.25) is 13.9 Å². The Morgan fingerprint density at radius 3 is 2.03 bits per heavy atom. The summed E-state index contributed by atoms with van der Waals surface area (Å²) in [5.41, 5.74) is 4.97. The fourth-order valence-electron chi connectivity index (χ4n) is 4.61. The summed E-state index contributed by atoms with van der Waals surface area (Å²) in [5, 5.41) is 2.96. The maximum Gasteiger partial charge on any atom is 0.244 e. The van der Waals surface area contributed by atoms with E-state index < -0.39 is 28.5 Å². The molecule has 0 fully saturated rings. The number of amides is 2. The Bertz CT molecular complexity index is 1380. The molecule has 208 valence electrons. The van der Waals surface area contributed by atoms with Crippen molar-refractivity contribution >= 4 is 27.5 Å². The minimum Gasteiger partial charge on any atom is -0.352 e. The number of benzene rings is 3. The van der Waals surface area contributed by atoms with Crippen LogP contribution in [-0.2, 0) is 32.6 Å². The number of hydrogen-bond acceptors (Lipinski definition) is 4. The third kappa shape index (κ3) is 8.42. The van der Waals surface area contributed by atoms with Crippen molar-refractivity contribution in [3.8, 4) is 0 Å². The zero-order valence-electron chi connectivity index (χ0n) is 23.6. The SMILES string of the molecule is Cc1cc(C)cc(N(CC(=O)N(Cc2ccccc2C)[C@@H](Cc2ccccc2)C(=O)NC(C)C)S(C)(=O)=O)c1. The van der Waals surface area contributed by atoms with Gasteiger partial charge in [-0.1, -0.05) is 60.7 Å². The summed E-state index contributed by atoms with van der Waals surface area (Å²) in [4.78, 5) is 29.2. The second kappa shape index (κ2) is 12.9. The van der Waals surface area contributed by atoms with Gasteiger partial charge in [-0.15, -0.1) is 0 Å². The third-order valence-electron chi connectivity index (χ3n) is 6.48. The molecule has 0 unspecified atom stereocenters. The fourth-order valence-corrected chi connectivity index (χ4v) is 5.45. The molecule has 3 aromatic carbocycles. The summed E-state index contributed by atoms with van der Waals surface area (Å²) in [6.07, 6.45) is 1.38. The van der Waals surface area contributed by atoms with E-state index in [0.717, 1.165) is 38.4 Å². The monoisotopic (exact) mass is 549 g/mol. The van der Waals surface area contributed by atoms with Crippen LogP contribution in [0.5, 0.6) is 0 Å². The lowest BCUT2D eigenvalue weighted by atomic mass is 10.0. The Balaban J connectivity index is 2.08. The molecule has 0 spiro atoms. The molecule has 39 heavy (non-hydrogen) atoms. The predicted molar refractivity (Wildman–Crippen MR) is 157 cm³/mol. The van der Waals surface area contributed by atoms with Crippen LogP contribution in [-0.4, -0.2) is 50.0 Å². The second-order valence-electron chi connectivity index (χ2n) is 10.4. The minimum atomic E-state index is -3.80. The van der Waals surface area contributed by atoms with Gasteiger partial charge in [0.05, 0.1) is 11.9 Å². The van der Waals surface area contributed by atoms with Gasteiger partial charge in [-0.2, -0.15) is 0 Å². The Kier molecular flexibility index (Phi) is 9.92. The van der Waals surface area contributed by atoms with Crippen LogP contribution in [0.15, 0.2) is 72.8 Å². The molecule has 3 aromatic rings. The number of sulfonamides is 1. The standard InChI is InChI=1S/C31H39N3O4S/c1-22(2)32-31(36)29(19-26-13-8-7-9-14-26)33(20-27-15-11-10-12-25(27)5)30(35)21-34(39(6,37)38)28-17-23(3)16-24(4)18-28/h7-18,22,29H,19-21H2,1-6H3,(H,32,36)/t29-/m0/s1. The lowest BCUT2D eigenvalue weighted by Gasteiger charge is -2.34. The van der Waals surface area contributed by atoms with Gasteiger partial charge in [0.2, 0.25) is 21.8 Å². The Hall–Kier alpha value is -3.65. The highest BCUT2D eigenvalue weighted by atomic mass is 32.2. The molecule has 0 aliphatic heterocycles. The van der Waals surface area contributed by atoms with E-state index in [4.69, 9.17) is 0 Å². The van der Waals surface area contributed by atoms with Crippen LogP contribution in [0, 0.1) is 20.8 Å². The predicted octanol–water partition coefficient (Wildman–Crippen LogP) is 4.54. The number of nitrogens with one attached hydrogen (secondary N) is 1. The van der Waals surface area contributed by atoms with Crippen LogP contribution in [0.3, 0.4) is 0 Å². The van der Waals surface area contributed by atoms with Crippen molar-refractivity contribution in [3.05, 3.63) is 101 Å². The molecular weight excluding hydrogens is 510 g/mol. The van der Waals surface area contributed by atoms with Gasteiger partial charge < -0.3 is 10.2 Å². The summed E-state index contributed by atoms with van der Waals surface area (Å²) in [7, 11) is -3.80. The first-order chi connectivity index (χ1) is 18.3. The van der Waals surface area contributed by atoms with E-state index in [1.807, 2.05) is 95.3 Å². The number of nitrogens with zero attached hydrogens (tertiary/aromatic N) is 2. The molecule has 7 nitrogen and oxygen atoms in total.